The molecule has 0 aliphatic rings. The summed E-state index contributed by atoms with van der Waals surface area (Å²) in [6.07, 6.45) is 0.681. The van der Waals surface area contributed by atoms with Crippen LogP contribution in [-0.2, 0) is 0 Å². The number of hydrogen-bond donors (Lipinski definition) is 1. The number of anilines is 1. The maximum absolute atomic E-state index is 13.0. The van der Waals surface area contributed by atoms with Gasteiger partial charge in [0.2, 0.25) is 0 Å². The van der Waals surface area contributed by atoms with Crippen LogP contribution in [0.25, 0.3) is 0 Å². The molecule has 1 amide bonds. The lowest BCUT2D eigenvalue weighted by Crippen LogP contribution is -2.12. The molecule has 5 heteroatoms. The fourth-order valence-corrected chi connectivity index (χ4v) is 1.49. The standard InChI is InChI=1S/C14H9F2NO2/c15-12-6-3-10(7-13(12)16)14(19)17-11-4-1-9(8-18)2-5-11/h1-8H,(H,17,19). The number of rotatable bonds is 3. The molecule has 0 radical (unpaired) electrons. The van der Waals surface area contributed by atoms with Crippen LogP contribution < -0.4 is 5.32 Å². The van der Waals surface area contributed by atoms with E-state index in [1.807, 2.05) is 0 Å². The third-order valence-corrected chi connectivity index (χ3v) is 2.49. The molecule has 2 rings (SSSR count). The van der Waals surface area contributed by atoms with Crippen LogP contribution in [0.5, 0.6) is 0 Å². The Bertz CT molecular complexity index is 624. The molecule has 0 saturated heterocycles. The van der Waals surface area contributed by atoms with Gasteiger partial charge in [-0.05, 0) is 42.5 Å². The molecule has 0 aromatic heterocycles. The first-order valence-corrected chi connectivity index (χ1v) is 5.42. The Morgan fingerprint density at radius 3 is 2.26 bits per heavy atom. The van der Waals surface area contributed by atoms with Crippen LogP contribution in [0, 0.1) is 11.6 Å². The molecule has 0 aliphatic heterocycles. The third kappa shape index (κ3) is 3.01. The monoisotopic (exact) mass is 261 g/mol. The summed E-state index contributed by atoms with van der Waals surface area (Å²) >= 11 is 0. The van der Waals surface area contributed by atoms with Crippen LogP contribution in [0.3, 0.4) is 0 Å². The van der Waals surface area contributed by atoms with Gasteiger partial charge in [0.05, 0.1) is 0 Å². The summed E-state index contributed by atoms with van der Waals surface area (Å²) in [5.74, 6) is -2.64. The van der Waals surface area contributed by atoms with Gasteiger partial charge < -0.3 is 5.32 Å². The third-order valence-electron chi connectivity index (χ3n) is 2.49. The molecule has 2 aromatic carbocycles. The highest BCUT2D eigenvalue weighted by Gasteiger charge is 2.09. The second-order valence-corrected chi connectivity index (χ2v) is 3.82. The number of aldehydes is 1. The normalized spacial score (nSPS) is 10.0. The first-order chi connectivity index (χ1) is 9.10. The van der Waals surface area contributed by atoms with E-state index in [9.17, 15) is 18.4 Å². The van der Waals surface area contributed by atoms with E-state index in [0.717, 1.165) is 12.1 Å². The Balaban J connectivity index is 2.15. The highest BCUT2D eigenvalue weighted by atomic mass is 19.2. The maximum Gasteiger partial charge on any atom is 0.255 e. The van der Waals surface area contributed by atoms with Crippen molar-refractivity contribution in [3.05, 3.63) is 65.2 Å². The van der Waals surface area contributed by atoms with Crippen LogP contribution in [0.1, 0.15) is 20.7 Å². The van der Waals surface area contributed by atoms with Crippen LogP contribution in [0.15, 0.2) is 42.5 Å². The average Bonchev–Trinajstić information content (AvgIpc) is 2.42. The second kappa shape index (κ2) is 5.39. The van der Waals surface area contributed by atoms with Crippen molar-refractivity contribution in [3.8, 4) is 0 Å². The van der Waals surface area contributed by atoms with E-state index in [0.29, 0.717) is 17.5 Å². The van der Waals surface area contributed by atoms with E-state index in [-0.39, 0.29) is 5.56 Å². The predicted octanol–water partition coefficient (Wildman–Crippen LogP) is 3.03. The molecular weight excluding hydrogens is 252 g/mol. The maximum atomic E-state index is 13.0. The highest BCUT2D eigenvalue weighted by molar-refractivity contribution is 6.04. The Kier molecular flexibility index (Phi) is 3.66. The van der Waals surface area contributed by atoms with Gasteiger partial charge in [-0.1, -0.05) is 0 Å². The second-order valence-electron chi connectivity index (χ2n) is 3.82. The van der Waals surface area contributed by atoms with Crippen molar-refractivity contribution >= 4 is 17.9 Å². The van der Waals surface area contributed by atoms with Gasteiger partial charge in [-0.2, -0.15) is 0 Å². The molecule has 0 fully saturated rings. The summed E-state index contributed by atoms with van der Waals surface area (Å²) in [6.45, 7) is 0. The molecular formula is C14H9F2NO2. The predicted molar refractivity (Wildman–Crippen MR) is 66.1 cm³/mol. The quantitative estimate of drug-likeness (QED) is 0.863. The lowest BCUT2D eigenvalue weighted by atomic mass is 10.2. The Morgan fingerprint density at radius 1 is 1.00 bits per heavy atom. The largest absolute Gasteiger partial charge is 0.322 e. The van der Waals surface area contributed by atoms with Gasteiger partial charge >= 0.3 is 0 Å². The van der Waals surface area contributed by atoms with Crippen LogP contribution >= 0.6 is 0 Å². The summed E-state index contributed by atoms with van der Waals surface area (Å²) in [7, 11) is 0. The molecule has 96 valence electrons. The SMILES string of the molecule is O=Cc1ccc(NC(=O)c2ccc(F)c(F)c2)cc1. The highest BCUT2D eigenvalue weighted by Crippen LogP contribution is 2.13. The first-order valence-electron chi connectivity index (χ1n) is 5.42. The van der Waals surface area contributed by atoms with Gasteiger partial charge in [0.1, 0.15) is 6.29 Å². The fraction of sp³-hybridized carbons (Fsp3) is 0. The zero-order valence-corrected chi connectivity index (χ0v) is 9.69. The Morgan fingerprint density at radius 2 is 1.68 bits per heavy atom. The zero-order chi connectivity index (χ0) is 13.8. The van der Waals surface area contributed by atoms with E-state index >= 15 is 0 Å². The molecule has 0 heterocycles. The van der Waals surface area contributed by atoms with Crippen molar-refractivity contribution in [1.82, 2.24) is 0 Å². The van der Waals surface area contributed by atoms with Crippen molar-refractivity contribution in [3.63, 3.8) is 0 Å². The van der Waals surface area contributed by atoms with Crippen molar-refractivity contribution in [1.29, 1.82) is 0 Å². The summed E-state index contributed by atoms with van der Waals surface area (Å²) < 4.78 is 25.7. The van der Waals surface area contributed by atoms with Crippen LogP contribution in [0.2, 0.25) is 0 Å². The number of benzene rings is 2. The summed E-state index contributed by atoms with van der Waals surface area (Å²) in [5.41, 5.74) is 0.949. The zero-order valence-electron chi connectivity index (χ0n) is 9.69. The molecule has 0 unspecified atom stereocenters. The van der Waals surface area contributed by atoms with Crippen LogP contribution in [-0.4, -0.2) is 12.2 Å². The molecule has 0 atom stereocenters. The minimum absolute atomic E-state index is 0.0124. The molecule has 0 aliphatic carbocycles. The van der Waals surface area contributed by atoms with Crippen molar-refractivity contribution in [2.75, 3.05) is 5.32 Å². The molecule has 0 saturated carbocycles. The number of halogens is 2. The molecule has 1 N–H and O–H groups in total. The number of carbonyl (C=O) groups excluding carboxylic acids is 2. The molecule has 19 heavy (non-hydrogen) atoms. The van der Waals surface area contributed by atoms with Gasteiger partial charge in [0.25, 0.3) is 5.91 Å². The van der Waals surface area contributed by atoms with E-state index in [2.05, 4.69) is 5.32 Å². The molecule has 3 nitrogen and oxygen atoms in total. The summed E-state index contributed by atoms with van der Waals surface area (Å²) in [6, 6.07) is 9.06. The Hall–Kier alpha value is -2.56. The van der Waals surface area contributed by atoms with Crippen molar-refractivity contribution in [2.45, 2.75) is 0 Å². The van der Waals surface area contributed by atoms with Crippen LogP contribution in [0.4, 0.5) is 14.5 Å². The average molecular weight is 261 g/mol. The first kappa shape index (κ1) is 12.9. The minimum atomic E-state index is -1.08. The number of nitrogens with one attached hydrogen (secondary N) is 1. The van der Waals surface area contributed by atoms with Gasteiger partial charge in [-0.15, -0.1) is 0 Å². The lowest BCUT2D eigenvalue weighted by Gasteiger charge is -2.05. The molecule has 0 bridgehead atoms. The van der Waals surface area contributed by atoms with E-state index in [1.54, 1.807) is 12.1 Å². The molecule has 2 aromatic rings. The van der Waals surface area contributed by atoms with Gasteiger partial charge in [0, 0.05) is 16.8 Å². The number of carbonyl (C=O) groups is 2. The fourth-order valence-electron chi connectivity index (χ4n) is 1.49. The smallest absolute Gasteiger partial charge is 0.255 e. The molecule has 0 spiro atoms. The Labute approximate surface area is 107 Å². The topological polar surface area (TPSA) is 46.2 Å². The van der Waals surface area contributed by atoms with Crippen molar-refractivity contribution in [2.24, 2.45) is 0 Å². The minimum Gasteiger partial charge on any atom is -0.322 e. The van der Waals surface area contributed by atoms with Gasteiger partial charge in [-0.25, -0.2) is 8.78 Å². The van der Waals surface area contributed by atoms with Crippen molar-refractivity contribution < 1.29 is 18.4 Å². The number of amides is 1. The summed E-state index contributed by atoms with van der Waals surface area (Å²) in [5, 5.41) is 2.51. The van der Waals surface area contributed by atoms with Gasteiger partial charge in [-0.3, -0.25) is 9.59 Å². The van der Waals surface area contributed by atoms with E-state index in [1.165, 1.54) is 18.2 Å². The number of hydrogen-bond acceptors (Lipinski definition) is 2. The van der Waals surface area contributed by atoms with E-state index in [4.69, 9.17) is 0 Å². The lowest BCUT2D eigenvalue weighted by molar-refractivity contribution is 0.102. The summed E-state index contributed by atoms with van der Waals surface area (Å²) in [4.78, 5) is 22.2. The van der Waals surface area contributed by atoms with E-state index < -0.39 is 17.5 Å². The van der Waals surface area contributed by atoms with Gasteiger partial charge in [0.15, 0.2) is 11.6 Å².